The number of amides is 1. The topological polar surface area (TPSA) is 53.2 Å². The molecule has 0 radical (unpaired) electrons. The number of anilines is 2. The van der Waals surface area contributed by atoms with E-state index in [1.165, 1.54) is 6.07 Å². The summed E-state index contributed by atoms with van der Waals surface area (Å²) in [5.74, 6) is -0.397. The molecule has 0 saturated carbocycles. The van der Waals surface area contributed by atoms with Crippen LogP contribution in [0.1, 0.15) is 18.9 Å². The van der Waals surface area contributed by atoms with E-state index in [-0.39, 0.29) is 37.0 Å². The van der Waals surface area contributed by atoms with Gasteiger partial charge < -0.3 is 16.0 Å². The van der Waals surface area contributed by atoms with Crippen LogP contribution in [-0.2, 0) is 11.0 Å². The third-order valence-corrected chi connectivity index (χ3v) is 2.52. The number of alkyl halides is 3. The molecule has 1 aromatic carbocycles. The maximum absolute atomic E-state index is 12.7. The Labute approximate surface area is 140 Å². The molecule has 1 rings (SSSR count). The highest BCUT2D eigenvalue weighted by molar-refractivity contribution is 5.95. The molecule has 0 heterocycles. The number of rotatable bonds is 6. The molecule has 0 aliphatic rings. The number of hydrogen-bond donors (Lipinski definition) is 3. The number of benzene rings is 1. The van der Waals surface area contributed by atoms with Crippen molar-refractivity contribution in [2.75, 3.05) is 30.8 Å². The van der Waals surface area contributed by atoms with Gasteiger partial charge in [0.2, 0.25) is 5.91 Å². The van der Waals surface area contributed by atoms with Crippen molar-refractivity contribution in [3.8, 4) is 0 Å². The Kier molecular flexibility index (Phi) is 11.1. The lowest BCUT2D eigenvalue weighted by Crippen LogP contribution is -2.25. The minimum absolute atomic E-state index is 0. The molecule has 1 amide bonds. The first kappa shape index (κ1) is 23.1. The lowest BCUT2D eigenvalue weighted by atomic mass is 10.1. The number of hydrogen-bond acceptors (Lipinski definition) is 3. The third kappa shape index (κ3) is 7.20. The number of nitrogens with one attached hydrogen (secondary N) is 3. The Hall–Kier alpha value is -1.18. The van der Waals surface area contributed by atoms with Gasteiger partial charge in [-0.25, -0.2) is 0 Å². The van der Waals surface area contributed by atoms with Gasteiger partial charge in [-0.3, -0.25) is 4.79 Å². The zero-order valence-electron chi connectivity index (χ0n) is 12.2. The molecule has 0 spiro atoms. The summed E-state index contributed by atoms with van der Waals surface area (Å²) in [6.45, 7) is 2.58. The van der Waals surface area contributed by atoms with E-state index in [0.29, 0.717) is 12.2 Å². The summed E-state index contributed by atoms with van der Waals surface area (Å²) in [6, 6.07) is 3.25. The highest BCUT2D eigenvalue weighted by atomic mass is 35.5. The summed E-state index contributed by atoms with van der Waals surface area (Å²) in [4.78, 5) is 11.5. The van der Waals surface area contributed by atoms with Crippen LogP contribution < -0.4 is 16.0 Å². The number of carbonyl (C=O) groups excluding carboxylic acids is 1. The SMILES string of the molecule is CCCNc1ccc(C(F)(F)F)cc1NC(=O)CNC.Cl.Cl. The summed E-state index contributed by atoms with van der Waals surface area (Å²) in [5, 5.41) is 8.10. The maximum atomic E-state index is 12.7. The number of likely N-dealkylation sites (N-methyl/N-ethyl adjacent to an activating group) is 1. The fourth-order valence-corrected chi connectivity index (χ4v) is 1.59. The molecule has 1 aromatic rings. The average molecular weight is 362 g/mol. The molecule has 0 aromatic heterocycles. The molecule has 0 bridgehead atoms. The lowest BCUT2D eigenvalue weighted by Gasteiger charge is -2.15. The van der Waals surface area contributed by atoms with Crippen molar-refractivity contribution < 1.29 is 18.0 Å². The van der Waals surface area contributed by atoms with Gasteiger partial charge >= 0.3 is 6.18 Å². The second-order valence-corrected chi connectivity index (χ2v) is 4.26. The van der Waals surface area contributed by atoms with Gasteiger partial charge in [0.05, 0.1) is 23.5 Å². The van der Waals surface area contributed by atoms with Crippen molar-refractivity contribution in [3.05, 3.63) is 23.8 Å². The van der Waals surface area contributed by atoms with Gasteiger partial charge in [0.1, 0.15) is 0 Å². The van der Waals surface area contributed by atoms with Crippen molar-refractivity contribution in [2.45, 2.75) is 19.5 Å². The zero-order chi connectivity index (χ0) is 15.2. The van der Waals surface area contributed by atoms with Crippen LogP contribution in [0.25, 0.3) is 0 Å². The molecule has 0 saturated heterocycles. The van der Waals surface area contributed by atoms with E-state index in [4.69, 9.17) is 0 Å². The first-order valence-electron chi connectivity index (χ1n) is 6.28. The molecule has 0 atom stereocenters. The molecule has 0 fully saturated rings. The van der Waals surface area contributed by atoms with Gasteiger partial charge in [0.15, 0.2) is 0 Å². The molecule has 3 N–H and O–H groups in total. The second kappa shape index (κ2) is 10.5. The molecule has 0 aliphatic carbocycles. The molecule has 22 heavy (non-hydrogen) atoms. The fourth-order valence-electron chi connectivity index (χ4n) is 1.59. The fraction of sp³-hybridized carbons (Fsp3) is 0.462. The summed E-state index contributed by atoms with van der Waals surface area (Å²) >= 11 is 0. The van der Waals surface area contributed by atoms with Crippen LogP contribution in [0.5, 0.6) is 0 Å². The van der Waals surface area contributed by atoms with Crippen LogP contribution in [0.4, 0.5) is 24.5 Å². The Morgan fingerprint density at radius 3 is 2.32 bits per heavy atom. The van der Waals surface area contributed by atoms with Crippen LogP contribution in [0.3, 0.4) is 0 Å². The molecule has 9 heteroatoms. The van der Waals surface area contributed by atoms with E-state index < -0.39 is 17.6 Å². The van der Waals surface area contributed by atoms with E-state index in [0.717, 1.165) is 18.6 Å². The Morgan fingerprint density at radius 1 is 1.18 bits per heavy atom. The normalized spacial score (nSPS) is 10.2. The largest absolute Gasteiger partial charge is 0.416 e. The van der Waals surface area contributed by atoms with E-state index in [2.05, 4.69) is 16.0 Å². The van der Waals surface area contributed by atoms with Crippen LogP contribution in [0.2, 0.25) is 0 Å². The van der Waals surface area contributed by atoms with Crippen LogP contribution >= 0.6 is 24.8 Å². The minimum Gasteiger partial charge on any atom is -0.383 e. The summed E-state index contributed by atoms with van der Waals surface area (Å²) in [5.41, 5.74) is -0.183. The maximum Gasteiger partial charge on any atom is 0.416 e. The highest BCUT2D eigenvalue weighted by Gasteiger charge is 2.31. The van der Waals surface area contributed by atoms with Crippen molar-refractivity contribution in [1.82, 2.24) is 5.32 Å². The predicted octanol–water partition coefficient (Wildman–Crippen LogP) is 3.53. The molecule has 0 aliphatic heterocycles. The van der Waals surface area contributed by atoms with Gasteiger partial charge in [-0.15, -0.1) is 24.8 Å². The van der Waals surface area contributed by atoms with Crippen molar-refractivity contribution in [1.29, 1.82) is 0 Å². The molecule has 128 valence electrons. The van der Waals surface area contributed by atoms with Crippen molar-refractivity contribution >= 4 is 42.1 Å². The van der Waals surface area contributed by atoms with E-state index in [9.17, 15) is 18.0 Å². The highest BCUT2D eigenvalue weighted by Crippen LogP contribution is 2.34. The van der Waals surface area contributed by atoms with Gasteiger partial charge in [-0.05, 0) is 31.7 Å². The predicted molar refractivity (Wildman–Crippen MR) is 87.3 cm³/mol. The van der Waals surface area contributed by atoms with Crippen LogP contribution in [-0.4, -0.2) is 26.0 Å². The van der Waals surface area contributed by atoms with Crippen molar-refractivity contribution in [3.63, 3.8) is 0 Å². The van der Waals surface area contributed by atoms with Crippen molar-refractivity contribution in [2.24, 2.45) is 0 Å². The Balaban J connectivity index is 0. The van der Waals surface area contributed by atoms with Crippen LogP contribution in [0.15, 0.2) is 18.2 Å². The average Bonchev–Trinajstić information content (AvgIpc) is 2.36. The third-order valence-electron chi connectivity index (χ3n) is 2.52. The number of halogens is 5. The van der Waals surface area contributed by atoms with E-state index >= 15 is 0 Å². The lowest BCUT2D eigenvalue weighted by molar-refractivity contribution is -0.137. The standard InChI is InChI=1S/C13H18F3N3O.2ClH/c1-3-6-18-10-5-4-9(13(14,15)16)7-11(10)19-12(20)8-17-2;;/h4-5,7,17-18H,3,6,8H2,1-2H3,(H,19,20);2*1H. The first-order valence-corrected chi connectivity index (χ1v) is 6.28. The monoisotopic (exact) mass is 361 g/mol. The minimum atomic E-state index is -4.44. The summed E-state index contributed by atoms with van der Waals surface area (Å²) in [6.07, 6.45) is -3.61. The van der Waals surface area contributed by atoms with Gasteiger partial charge in [0, 0.05) is 6.54 Å². The van der Waals surface area contributed by atoms with Gasteiger partial charge in [-0.1, -0.05) is 6.92 Å². The molecule has 0 unspecified atom stereocenters. The summed E-state index contributed by atoms with van der Waals surface area (Å²) in [7, 11) is 1.59. The smallest absolute Gasteiger partial charge is 0.383 e. The van der Waals surface area contributed by atoms with Crippen LogP contribution in [0, 0.1) is 0 Å². The summed E-state index contributed by atoms with van der Waals surface area (Å²) < 4.78 is 38.1. The second-order valence-electron chi connectivity index (χ2n) is 4.26. The van der Waals surface area contributed by atoms with Gasteiger partial charge in [0.25, 0.3) is 0 Å². The Bertz CT molecular complexity index is 470. The molecular weight excluding hydrogens is 342 g/mol. The quantitative estimate of drug-likeness (QED) is 0.726. The zero-order valence-corrected chi connectivity index (χ0v) is 13.8. The first-order chi connectivity index (χ1) is 9.38. The van der Waals surface area contributed by atoms with E-state index in [1.54, 1.807) is 7.05 Å². The molecule has 4 nitrogen and oxygen atoms in total. The van der Waals surface area contributed by atoms with Gasteiger partial charge in [-0.2, -0.15) is 13.2 Å². The Morgan fingerprint density at radius 2 is 1.82 bits per heavy atom. The molecular formula is C13H20Cl2F3N3O. The van der Waals surface area contributed by atoms with E-state index in [1.807, 2.05) is 6.92 Å². The number of carbonyl (C=O) groups is 1.